The number of allylic oxidation sites excluding steroid dienone is 2. The summed E-state index contributed by atoms with van der Waals surface area (Å²) in [6.45, 7) is 1.05. The molecule has 1 aromatic heterocycles. The Morgan fingerprint density at radius 3 is 2.34 bits per heavy atom. The highest BCUT2D eigenvalue weighted by Gasteiger charge is 2.69. The lowest BCUT2D eigenvalue weighted by Gasteiger charge is -2.26. The number of rotatable bonds is 8. The summed E-state index contributed by atoms with van der Waals surface area (Å²) in [5.74, 6) is 0.711. The van der Waals surface area contributed by atoms with Crippen LogP contribution in [0.15, 0.2) is 65.2 Å². The summed E-state index contributed by atoms with van der Waals surface area (Å²) < 4.78 is 1.01. The first-order valence-corrected chi connectivity index (χ1v) is 13.3. The van der Waals surface area contributed by atoms with Gasteiger partial charge in [0.1, 0.15) is 5.82 Å². The van der Waals surface area contributed by atoms with E-state index in [0.717, 1.165) is 52.6 Å². The molecular formula is C28H29BrN4O2. The van der Waals surface area contributed by atoms with Crippen LogP contribution in [-0.2, 0) is 22.6 Å². The maximum Gasteiger partial charge on any atom is 0.224 e. The molecule has 1 spiro atoms. The van der Waals surface area contributed by atoms with Gasteiger partial charge in [-0.25, -0.2) is 4.98 Å². The molecule has 3 aliphatic rings. The van der Waals surface area contributed by atoms with Crippen LogP contribution in [0.4, 0.5) is 0 Å². The molecule has 2 saturated carbocycles. The molecule has 7 heteroatoms. The predicted octanol–water partition coefficient (Wildman–Crippen LogP) is 4.52. The number of carbonyl (C=O) groups excluding carboxylic acids is 2. The van der Waals surface area contributed by atoms with Gasteiger partial charge in [0.05, 0.1) is 22.9 Å². The van der Waals surface area contributed by atoms with E-state index >= 15 is 0 Å². The van der Waals surface area contributed by atoms with E-state index in [2.05, 4.69) is 48.7 Å². The number of fused-ring (bicyclic) bond motifs is 1. The van der Waals surface area contributed by atoms with Crippen molar-refractivity contribution < 1.29 is 9.59 Å². The zero-order chi connectivity index (χ0) is 24.0. The molecule has 2 amide bonds. The smallest absolute Gasteiger partial charge is 0.224 e. The number of halogens is 1. The standard InChI is InChI=1S/C28H29BrN4O2/c29-18-9-7-17(8-10-18)16-31-27(35)25-20-12-11-19(28(20)13-14-28)24(25)26(34)30-15-3-6-23-32-21-4-1-2-5-22(21)33-23/h1-2,4-5,7-12,19-20,24-25H,3,6,13-16H2,(H,30,34)(H,31,35)(H,32,33)/t19-,20+,24-,25-/m1/s1. The van der Waals surface area contributed by atoms with E-state index in [-0.39, 0.29) is 40.9 Å². The third kappa shape index (κ3) is 4.10. The molecule has 3 N–H and O–H groups in total. The SMILES string of the molecule is O=C(NCCCc1nc2ccccc2[nH]1)[C@H]1[C@H](C(=O)NCc2ccc(Br)cc2)[C@@H]2C=C[C@H]1C21CC1. The summed E-state index contributed by atoms with van der Waals surface area (Å²) in [6, 6.07) is 15.9. The first kappa shape index (κ1) is 22.5. The second-order valence-corrected chi connectivity index (χ2v) is 11.1. The number of hydrogen-bond donors (Lipinski definition) is 3. The maximum atomic E-state index is 13.4. The van der Waals surface area contributed by atoms with Crippen molar-refractivity contribution in [2.24, 2.45) is 29.1 Å². The highest BCUT2D eigenvalue weighted by molar-refractivity contribution is 9.10. The lowest BCUT2D eigenvalue weighted by molar-refractivity contribution is -0.135. The van der Waals surface area contributed by atoms with Crippen LogP contribution in [0.2, 0.25) is 0 Å². The van der Waals surface area contributed by atoms with Gasteiger partial charge in [0.2, 0.25) is 11.8 Å². The van der Waals surface area contributed by atoms with Gasteiger partial charge in [0, 0.05) is 24.0 Å². The van der Waals surface area contributed by atoms with Crippen molar-refractivity contribution in [2.45, 2.75) is 32.2 Å². The van der Waals surface area contributed by atoms with Gasteiger partial charge in [0.15, 0.2) is 0 Å². The van der Waals surface area contributed by atoms with Crippen LogP contribution in [0.3, 0.4) is 0 Å². The van der Waals surface area contributed by atoms with Crippen LogP contribution in [0, 0.1) is 29.1 Å². The number of aromatic nitrogens is 2. The van der Waals surface area contributed by atoms with E-state index in [1.165, 1.54) is 0 Å². The molecule has 0 unspecified atom stereocenters. The van der Waals surface area contributed by atoms with Crippen LogP contribution in [0.25, 0.3) is 11.0 Å². The summed E-state index contributed by atoms with van der Waals surface area (Å²) in [4.78, 5) is 34.7. The molecule has 180 valence electrons. The zero-order valence-electron chi connectivity index (χ0n) is 19.5. The number of aromatic amines is 1. The van der Waals surface area contributed by atoms with Gasteiger partial charge in [-0.05, 0) is 66.3 Å². The van der Waals surface area contributed by atoms with Crippen molar-refractivity contribution in [2.75, 3.05) is 6.54 Å². The van der Waals surface area contributed by atoms with E-state index in [9.17, 15) is 9.59 Å². The molecule has 3 aromatic rings. The minimum atomic E-state index is -0.293. The molecule has 0 aliphatic heterocycles. The Morgan fingerprint density at radius 1 is 0.971 bits per heavy atom. The van der Waals surface area contributed by atoms with Crippen LogP contribution < -0.4 is 10.6 Å². The van der Waals surface area contributed by atoms with Crippen LogP contribution in [-0.4, -0.2) is 28.3 Å². The molecule has 6 nitrogen and oxygen atoms in total. The Balaban J connectivity index is 1.08. The molecule has 2 aromatic carbocycles. The molecule has 1 heterocycles. The number of imidazole rings is 1. The van der Waals surface area contributed by atoms with Gasteiger partial charge in [0.25, 0.3) is 0 Å². The van der Waals surface area contributed by atoms with Gasteiger partial charge < -0.3 is 15.6 Å². The maximum absolute atomic E-state index is 13.4. The van der Waals surface area contributed by atoms with E-state index in [4.69, 9.17) is 0 Å². The quantitative estimate of drug-likeness (QED) is 0.294. The molecule has 2 bridgehead atoms. The van der Waals surface area contributed by atoms with Crippen LogP contribution >= 0.6 is 15.9 Å². The Morgan fingerprint density at radius 2 is 1.66 bits per heavy atom. The van der Waals surface area contributed by atoms with Gasteiger partial charge in [-0.2, -0.15) is 0 Å². The monoisotopic (exact) mass is 532 g/mol. The average Bonchev–Trinajstić information content (AvgIpc) is 3.34. The highest BCUT2D eigenvalue weighted by Crippen LogP contribution is 2.72. The van der Waals surface area contributed by atoms with Gasteiger partial charge >= 0.3 is 0 Å². The third-order valence-corrected chi connectivity index (χ3v) is 8.68. The summed E-state index contributed by atoms with van der Waals surface area (Å²) >= 11 is 3.45. The molecule has 2 fully saturated rings. The number of carbonyl (C=O) groups is 2. The Kier molecular flexibility index (Phi) is 5.75. The predicted molar refractivity (Wildman–Crippen MR) is 138 cm³/mol. The van der Waals surface area contributed by atoms with E-state index in [1.54, 1.807) is 0 Å². The minimum absolute atomic E-state index is 0.00142. The normalized spacial score (nSPS) is 25.3. The third-order valence-electron chi connectivity index (χ3n) is 8.16. The number of benzene rings is 2. The first-order chi connectivity index (χ1) is 17.0. The van der Waals surface area contributed by atoms with E-state index in [1.807, 2.05) is 48.5 Å². The average molecular weight is 533 g/mol. The second-order valence-electron chi connectivity index (χ2n) is 10.2. The Bertz CT molecular complexity index is 1260. The number of nitrogens with one attached hydrogen (secondary N) is 3. The molecule has 3 aliphatic carbocycles. The number of nitrogens with zero attached hydrogens (tertiary/aromatic N) is 1. The number of amides is 2. The highest BCUT2D eigenvalue weighted by atomic mass is 79.9. The zero-order valence-corrected chi connectivity index (χ0v) is 21.1. The fourth-order valence-electron chi connectivity index (χ4n) is 6.33. The molecule has 4 atom stereocenters. The lowest BCUT2D eigenvalue weighted by Crippen LogP contribution is -2.44. The summed E-state index contributed by atoms with van der Waals surface area (Å²) in [5.41, 5.74) is 3.18. The van der Waals surface area contributed by atoms with Crippen LogP contribution in [0.5, 0.6) is 0 Å². The molecule has 0 saturated heterocycles. The van der Waals surface area contributed by atoms with Crippen molar-refractivity contribution in [1.29, 1.82) is 0 Å². The minimum Gasteiger partial charge on any atom is -0.356 e. The summed E-state index contributed by atoms with van der Waals surface area (Å²) in [5, 5.41) is 6.26. The largest absolute Gasteiger partial charge is 0.356 e. The fraction of sp³-hybridized carbons (Fsp3) is 0.393. The summed E-state index contributed by atoms with van der Waals surface area (Å²) in [7, 11) is 0. The lowest BCUT2D eigenvalue weighted by atomic mass is 9.81. The molecule has 35 heavy (non-hydrogen) atoms. The first-order valence-electron chi connectivity index (χ1n) is 12.5. The Hall–Kier alpha value is -2.93. The van der Waals surface area contributed by atoms with Crippen LogP contribution in [0.1, 0.15) is 30.7 Å². The summed E-state index contributed by atoms with van der Waals surface area (Å²) in [6.07, 6.45) is 8.20. The molecule has 6 rings (SSSR count). The van der Waals surface area contributed by atoms with Gasteiger partial charge in [-0.1, -0.05) is 52.3 Å². The van der Waals surface area contributed by atoms with Crippen molar-refractivity contribution in [3.05, 3.63) is 76.5 Å². The molecule has 0 radical (unpaired) electrons. The van der Waals surface area contributed by atoms with Crippen molar-refractivity contribution in [3.8, 4) is 0 Å². The van der Waals surface area contributed by atoms with Crippen molar-refractivity contribution in [1.82, 2.24) is 20.6 Å². The van der Waals surface area contributed by atoms with E-state index in [0.29, 0.717) is 13.1 Å². The fourth-order valence-corrected chi connectivity index (χ4v) is 6.59. The van der Waals surface area contributed by atoms with Gasteiger partial charge in [-0.15, -0.1) is 0 Å². The second kappa shape index (κ2) is 8.94. The van der Waals surface area contributed by atoms with Crippen molar-refractivity contribution in [3.63, 3.8) is 0 Å². The number of H-pyrrole nitrogens is 1. The molecular weight excluding hydrogens is 504 g/mol. The Labute approximate surface area is 213 Å². The topological polar surface area (TPSA) is 86.9 Å². The number of aryl methyl sites for hydroxylation is 1. The number of para-hydroxylation sites is 2. The van der Waals surface area contributed by atoms with Crippen molar-refractivity contribution >= 4 is 38.8 Å². The van der Waals surface area contributed by atoms with E-state index < -0.39 is 0 Å². The number of hydrogen-bond acceptors (Lipinski definition) is 3. The van der Waals surface area contributed by atoms with Gasteiger partial charge in [-0.3, -0.25) is 9.59 Å².